The van der Waals surface area contributed by atoms with Gasteiger partial charge in [0.25, 0.3) is 0 Å². The van der Waals surface area contributed by atoms with Crippen LogP contribution in [0.15, 0.2) is 24.3 Å². The Hall–Kier alpha value is -0.860. The van der Waals surface area contributed by atoms with Gasteiger partial charge in [-0.25, -0.2) is 0 Å². The van der Waals surface area contributed by atoms with Crippen LogP contribution in [0.1, 0.15) is 31.1 Å². The van der Waals surface area contributed by atoms with Gasteiger partial charge in [0.1, 0.15) is 0 Å². The first kappa shape index (κ1) is 11.2. The van der Waals surface area contributed by atoms with Gasteiger partial charge in [0.15, 0.2) is 0 Å². The minimum absolute atomic E-state index is 0.0997. The highest BCUT2D eigenvalue weighted by molar-refractivity contribution is 5.23. The molecule has 1 aromatic rings. The van der Waals surface area contributed by atoms with E-state index < -0.39 is 6.10 Å². The Labute approximate surface area is 86.0 Å². The fraction of sp³-hybridized carbons (Fsp3) is 0.500. The number of aliphatic hydroxyl groups is 1. The highest BCUT2D eigenvalue weighted by Gasteiger charge is 2.14. The zero-order valence-corrected chi connectivity index (χ0v) is 9.12. The summed E-state index contributed by atoms with van der Waals surface area (Å²) in [4.78, 5) is 0. The largest absolute Gasteiger partial charge is 0.387 e. The van der Waals surface area contributed by atoms with Crippen LogP contribution in [-0.2, 0) is 0 Å². The van der Waals surface area contributed by atoms with Gasteiger partial charge in [-0.1, -0.05) is 36.8 Å². The maximum absolute atomic E-state index is 9.95. The molecule has 0 aliphatic carbocycles. The highest BCUT2D eigenvalue weighted by Crippen LogP contribution is 2.16. The van der Waals surface area contributed by atoms with Crippen LogP contribution in [0.3, 0.4) is 0 Å². The molecule has 0 saturated carbocycles. The summed E-state index contributed by atoms with van der Waals surface area (Å²) in [7, 11) is 0. The Morgan fingerprint density at radius 2 is 1.86 bits per heavy atom. The summed E-state index contributed by atoms with van der Waals surface area (Å²) in [6.45, 7) is 6.96. The fourth-order valence-corrected chi connectivity index (χ4v) is 1.49. The third-order valence-corrected chi connectivity index (χ3v) is 2.42. The van der Waals surface area contributed by atoms with Crippen molar-refractivity contribution < 1.29 is 5.11 Å². The highest BCUT2D eigenvalue weighted by atomic mass is 16.3. The van der Waals surface area contributed by atoms with Gasteiger partial charge in [-0.2, -0.15) is 0 Å². The van der Waals surface area contributed by atoms with Gasteiger partial charge >= 0.3 is 0 Å². The molecule has 1 aromatic carbocycles. The standard InChI is InChI=1S/C12H19NO/c1-4-13-10(3)12(14)11-7-5-9(2)6-8-11/h5-8,10,12-14H,4H2,1-3H3. The second-order valence-corrected chi connectivity index (χ2v) is 3.70. The normalized spacial score (nSPS) is 15.1. The Morgan fingerprint density at radius 1 is 1.29 bits per heavy atom. The van der Waals surface area contributed by atoms with Crippen molar-refractivity contribution in [3.63, 3.8) is 0 Å². The predicted octanol–water partition coefficient (Wildman–Crippen LogP) is 2.03. The molecule has 0 amide bonds. The van der Waals surface area contributed by atoms with Crippen LogP contribution in [0.25, 0.3) is 0 Å². The first-order valence-corrected chi connectivity index (χ1v) is 5.13. The Kier molecular flexibility index (Phi) is 4.11. The van der Waals surface area contributed by atoms with Crippen LogP contribution in [0.2, 0.25) is 0 Å². The molecule has 2 nitrogen and oxygen atoms in total. The number of aryl methyl sites for hydroxylation is 1. The van der Waals surface area contributed by atoms with Crippen LogP contribution < -0.4 is 5.32 Å². The Balaban J connectivity index is 2.68. The fourth-order valence-electron chi connectivity index (χ4n) is 1.49. The van der Waals surface area contributed by atoms with Crippen LogP contribution in [-0.4, -0.2) is 17.7 Å². The summed E-state index contributed by atoms with van der Waals surface area (Å²) in [5.41, 5.74) is 2.20. The molecule has 0 spiro atoms. The molecule has 0 fully saturated rings. The summed E-state index contributed by atoms with van der Waals surface area (Å²) in [6.07, 6.45) is -0.421. The molecular weight excluding hydrogens is 174 g/mol. The second kappa shape index (κ2) is 5.13. The van der Waals surface area contributed by atoms with E-state index >= 15 is 0 Å². The smallest absolute Gasteiger partial charge is 0.0940 e. The molecule has 2 atom stereocenters. The van der Waals surface area contributed by atoms with E-state index in [0.29, 0.717) is 0 Å². The first-order valence-electron chi connectivity index (χ1n) is 5.13. The average molecular weight is 193 g/mol. The van der Waals surface area contributed by atoms with Crippen LogP contribution in [0.5, 0.6) is 0 Å². The van der Waals surface area contributed by atoms with Gasteiger partial charge < -0.3 is 10.4 Å². The summed E-state index contributed by atoms with van der Waals surface area (Å²) in [5, 5.41) is 13.2. The van der Waals surface area contributed by atoms with Crippen molar-refractivity contribution in [2.24, 2.45) is 0 Å². The summed E-state index contributed by atoms with van der Waals surface area (Å²) >= 11 is 0. The maximum Gasteiger partial charge on any atom is 0.0940 e. The summed E-state index contributed by atoms with van der Waals surface area (Å²) in [6, 6.07) is 8.11. The van der Waals surface area contributed by atoms with E-state index in [2.05, 4.69) is 5.32 Å². The lowest BCUT2D eigenvalue weighted by Gasteiger charge is -2.19. The topological polar surface area (TPSA) is 32.3 Å². The Morgan fingerprint density at radius 3 is 2.36 bits per heavy atom. The lowest BCUT2D eigenvalue weighted by Crippen LogP contribution is -2.31. The van der Waals surface area contributed by atoms with Crippen molar-refractivity contribution in [2.75, 3.05) is 6.54 Å². The van der Waals surface area contributed by atoms with Gasteiger partial charge in [-0.15, -0.1) is 0 Å². The number of likely N-dealkylation sites (N-methyl/N-ethyl adjacent to an activating group) is 1. The molecule has 0 heterocycles. The minimum Gasteiger partial charge on any atom is -0.387 e. The summed E-state index contributed by atoms with van der Waals surface area (Å²) < 4.78 is 0. The van der Waals surface area contributed by atoms with E-state index in [9.17, 15) is 5.11 Å². The van der Waals surface area contributed by atoms with Gasteiger partial charge in [0.2, 0.25) is 0 Å². The molecular formula is C12H19NO. The van der Waals surface area contributed by atoms with Crippen molar-refractivity contribution in [1.82, 2.24) is 5.32 Å². The molecule has 0 aromatic heterocycles. The molecule has 0 radical (unpaired) electrons. The number of aliphatic hydroxyl groups excluding tert-OH is 1. The molecule has 0 saturated heterocycles. The van der Waals surface area contributed by atoms with Crippen molar-refractivity contribution in [3.8, 4) is 0 Å². The zero-order chi connectivity index (χ0) is 10.6. The maximum atomic E-state index is 9.95. The lowest BCUT2D eigenvalue weighted by molar-refractivity contribution is 0.137. The SMILES string of the molecule is CCNC(C)C(O)c1ccc(C)cc1. The van der Waals surface area contributed by atoms with Crippen LogP contribution in [0, 0.1) is 6.92 Å². The quantitative estimate of drug-likeness (QED) is 0.767. The third-order valence-electron chi connectivity index (χ3n) is 2.42. The number of rotatable bonds is 4. The van der Waals surface area contributed by atoms with E-state index in [1.165, 1.54) is 5.56 Å². The van der Waals surface area contributed by atoms with E-state index in [1.807, 2.05) is 45.0 Å². The lowest BCUT2D eigenvalue weighted by atomic mass is 10.0. The Bertz CT molecular complexity index is 268. The van der Waals surface area contributed by atoms with Gasteiger partial charge in [-0.3, -0.25) is 0 Å². The van der Waals surface area contributed by atoms with Crippen molar-refractivity contribution in [1.29, 1.82) is 0 Å². The predicted molar refractivity (Wildman–Crippen MR) is 59.3 cm³/mol. The molecule has 1 rings (SSSR count). The van der Waals surface area contributed by atoms with E-state index in [1.54, 1.807) is 0 Å². The molecule has 2 heteroatoms. The van der Waals surface area contributed by atoms with Crippen LogP contribution >= 0.6 is 0 Å². The number of hydrogen-bond donors (Lipinski definition) is 2. The van der Waals surface area contributed by atoms with E-state index in [4.69, 9.17) is 0 Å². The van der Waals surface area contributed by atoms with Crippen molar-refractivity contribution in [3.05, 3.63) is 35.4 Å². The second-order valence-electron chi connectivity index (χ2n) is 3.70. The molecule has 0 bridgehead atoms. The summed E-state index contributed by atoms with van der Waals surface area (Å²) in [5.74, 6) is 0. The molecule has 0 aliphatic rings. The minimum atomic E-state index is -0.421. The van der Waals surface area contributed by atoms with Gasteiger partial charge in [0, 0.05) is 6.04 Å². The van der Waals surface area contributed by atoms with Crippen LogP contribution in [0.4, 0.5) is 0 Å². The third kappa shape index (κ3) is 2.82. The van der Waals surface area contributed by atoms with Crippen molar-refractivity contribution in [2.45, 2.75) is 32.9 Å². The number of benzene rings is 1. The van der Waals surface area contributed by atoms with Crippen molar-refractivity contribution >= 4 is 0 Å². The number of hydrogen-bond acceptors (Lipinski definition) is 2. The molecule has 0 aliphatic heterocycles. The number of nitrogens with one attached hydrogen (secondary N) is 1. The van der Waals surface area contributed by atoms with E-state index in [-0.39, 0.29) is 6.04 Å². The molecule has 78 valence electrons. The van der Waals surface area contributed by atoms with Gasteiger partial charge in [-0.05, 0) is 26.0 Å². The first-order chi connectivity index (χ1) is 6.65. The average Bonchev–Trinajstić information content (AvgIpc) is 2.18. The monoisotopic (exact) mass is 193 g/mol. The molecule has 2 unspecified atom stereocenters. The van der Waals surface area contributed by atoms with Gasteiger partial charge in [0.05, 0.1) is 6.10 Å². The molecule has 14 heavy (non-hydrogen) atoms. The molecule has 2 N–H and O–H groups in total. The zero-order valence-electron chi connectivity index (χ0n) is 9.12. The van der Waals surface area contributed by atoms with E-state index in [0.717, 1.165) is 12.1 Å².